The number of carbonyl (C=O) groups is 2. The van der Waals surface area contributed by atoms with Gasteiger partial charge in [-0.15, -0.1) is 0 Å². The SMILES string of the molecule is CC(C)C[C@H](N)C(=O)NC(=O)CN. The second kappa shape index (κ2) is 5.66. The van der Waals surface area contributed by atoms with Crippen LogP contribution >= 0.6 is 0 Å². The maximum absolute atomic E-state index is 11.1. The van der Waals surface area contributed by atoms with Gasteiger partial charge in [0.1, 0.15) is 0 Å². The van der Waals surface area contributed by atoms with E-state index in [0.717, 1.165) is 0 Å². The Morgan fingerprint density at radius 3 is 2.31 bits per heavy atom. The first-order valence-corrected chi connectivity index (χ1v) is 4.26. The molecule has 0 aliphatic heterocycles. The molecule has 0 aliphatic carbocycles. The van der Waals surface area contributed by atoms with Gasteiger partial charge in [0, 0.05) is 0 Å². The van der Waals surface area contributed by atoms with Crippen LogP contribution in [0.5, 0.6) is 0 Å². The van der Waals surface area contributed by atoms with Crippen molar-refractivity contribution in [2.24, 2.45) is 17.4 Å². The van der Waals surface area contributed by atoms with Gasteiger partial charge >= 0.3 is 0 Å². The van der Waals surface area contributed by atoms with Gasteiger partial charge in [0.15, 0.2) is 0 Å². The smallest absolute Gasteiger partial charge is 0.243 e. The topological polar surface area (TPSA) is 98.2 Å². The van der Waals surface area contributed by atoms with Gasteiger partial charge in [-0.2, -0.15) is 0 Å². The van der Waals surface area contributed by atoms with Crippen molar-refractivity contribution in [2.45, 2.75) is 26.3 Å². The molecule has 13 heavy (non-hydrogen) atoms. The number of carbonyl (C=O) groups excluding carboxylic acids is 2. The van der Waals surface area contributed by atoms with Crippen LogP contribution in [0.15, 0.2) is 0 Å². The Morgan fingerprint density at radius 1 is 1.38 bits per heavy atom. The van der Waals surface area contributed by atoms with Crippen molar-refractivity contribution in [3.63, 3.8) is 0 Å². The first-order chi connectivity index (χ1) is 5.97. The van der Waals surface area contributed by atoms with Crippen molar-refractivity contribution >= 4 is 11.8 Å². The zero-order valence-electron chi connectivity index (χ0n) is 8.04. The summed E-state index contributed by atoms with van der Waals surface area (Å²) in [5, 5.41) is 2.11. The molecule has 1 atom stereocenters. The molecular weight excluding hydrogens is 170 g/mol. The van der Waals surface area contributed by atoms with Crippen molar-refractivity contribution < 1.29 is 9.59 Å². The summed E-state index contributed by atoms with van der Waals surface area (Å²) in [7, 11) is 0. The van der Waals surface area contributed by atoms with Gasteiger partial charge in [-0.05, 0) is 12.3 Å². The summed E-state index contributed by atoms with van der Waals surface area (Å²) in [5.41, 5.74) is 10.5. The van der Waals surface area contributed by atoms with Gasteiger partial charge in [-0.1, -0.05) is 13.8 Å². The van der Waals surface area contributed by atoms with Crippen LogP contribution in [0.3, 0.4) is 0 Å². The lowest BCUT2D eigenvalue weighted by Gasteiger charge is -2.12. The predicted octanol–water partition coefficient (Wildman–Crippen LogP) is -1.04. The van der Waals surface area contributed by atoms with E-state index in [1.54, 1.807) is 0 Å². The molecule has 0 aliphatic rings. The minimum Gasteiger partial charge on any atom is -0.322 e. The van der Waals surface area contributed by atoms with Crippen molar-refractivity contribution in [3.8, 4) is 0 Å². The highest BCUT2D eigenvalue weighted by molar-refractivity contribution is 5.98. The molecule has 0 rings (SSSR count). The van der Waals surface area contributed by atoms with E-state index in [1.165, 1.54) is 0 Å². The Bertz CT molecular complexity index is 192. The fraction of sp³-hybridized carbons (Fsp3) is 0.750. The van der Waals surface area contributed by atoms with Crippen LogP contribution < -0.4 is 16.8 Å². The normalized spacial score (nSPS) is 12.7. The lowest BCUT2D eigenvalue weighted by atomic mass is 10.0. The van der Waals surface area contributed by atoms with Crippen molar-refractivity contribution in [2.75, 3.05) is 6.54 Å². The summed E-state index contributed by atoms with van der Waals surface area (Å²) >= 11 is 0. The summed E-state index contributed by atoms with van der Waals surface area (Å²) in [5.74, 6) is -0.623. The number of hydrogen-bond acceptors (Lipinski definition) is 4. The van der Waals surface area contributed by atoms with Gasteiger partial charge in [-0.25, -0.2) is 0 Å². The monoisotopic (exact) mass is 187 g/mol. The minimum absolute atomic E-state index is 0.194. The van der Waals surface area contributed by atoms with Crippen molar-refractivity contribution in [1.82, 2.24) is 5.32 Å². The van der Waals surface area contributed by atoms with E-state index in [9.17, 15) is 9.59 Å². The summed E-state index contributed by atoms with van der Waals surface area (Å²) in [6.45, 7) is 3.72. The lowest BCUT2D eigenvalue weighted by molar-refractivity contribution is -0.130. The molecule has 0 heterocycles. The third-order valence-corrected chi connectivity index (χ3v) is 1.51. The van der Waals surface area contributed by atoms with E-state index in [1.807, 2.05) is 13.8 Å². The molecule has 0 saturated carbocycles. The van der Waals surface area contributed by atoms with Gasteiger partial charge in [0.2, 0.25) is 11.8 Å². The Kier molecular flexibility index (Phi) is 5.25. The molecule has 0 saturated heterocycles. The second-order valence-corrected chi connectivity index (χ2v) is 3.35. The van der Waals surface area contributed by atoms with E-state index >= 15 is 0 Å². The van der Waals surface area contributed by atoms with Gasteiger partial charge in [0.25, 0.3) is 0 Å². The van der Waals surface area contributed by atoms with E-state index in [-0.39, 0.29) is 6.54 Å². The summed E-state index contributed by atoms with van der Waals surface area (Å²) < 4.78 is 0. The molecule has 0 aromatic heterocycles. The summed E-state index contributed by atoms with van der Waals surface area (Å²) in [6, 6.07) is -0.629. The predicted molar refractivity (Wildman–Crippen MR) is 49.6 cm³/mol. The van der Waals surface area contributed by atoms with E-state index in [4.69, 9.17) is 11.5 Å². The molecule has 0 unspecified atom stereocenters. The molecule has 5 nitrogen and oxygen atoms in total. The molecule has 2 amide bonds. The largest absolute Gasteiger partial charge is 0.322 e. The molecule has 0 fully saturated rings. The first kappa shape index (κ1) is 12.1. The number of nitrogens with two attached hydrogens (primary N) is 2. The van der Waals surface area contributed by atoms with Crippen LogP contribution in [0.2, 0.25) is 0 Å². The van der Waals surface area contributed by atoms with Gasteiger partial charge in [-0.3, -0.25) is 14.9 Å². The zero-order valence-corrected chi connectivity index (χ0v) is 8.04. The molecule has 0 spiro atoms. The molecule has 0 radical (unpaired) electrons. The van der Waals surface area contributed by atoms with Crippen molar-refractivity contribution in [1.29, 1.82) is 0 Å². The van der Waals surface area contributed by atoms with Crippen LogP contribution in [0.4, 0.5) is 0 Å². The van der Waals surface area contributed by atoms with Crippen molar-refractivity contribution in [3.05, 3.63) is 0 Å². The minimum atomic E-state index is -0.629. The average molecular weight is 187 g/mol. The van der Waals surface area contributed by atoms with Crippen LogP contribution in [-0.4, -0.2) is 24.4 Å². The Labute approximate surface area is 77.8 Å². The number of imide groups is 1. The fourth-order valence-electron chi connectivity index (χ4n) is 0.896. The average Bonchev–Trinajstić information content (AvgIpc) is 2.02. The second-order valence-electron chi connectivity index (χ2n) is 3.35. The van der Waals surface area contributed by atoms with Crippen LogP contribution in [0.1, 0.15) is 20.3 Å². The molecule has 5 N–H and O–H groups in total. The molecule has 5 heteroatoms. The molecular formula is C8H17N3O2. The molecule has 0 bridgehead atoms. The van der Waals surface area contributed by atoms with Gasteiger partial charge in [0.05, 0.1) is 12.6 Å². The van der Waals surface area contributed by atoms with E-state index in [2.05, 4.69) is 5.32 Å². The first-order valence-electron chi connectivity index (χ1n) is 4.26. The highest BCUT2D eigenvalue weighted by atomic mass is 16.2. The Morgan fingerprint density at radius 2 is 1.92 bits per heavy atom. The summed E-state index contributed by atoms with van der Waals surface area (Å²) in [4.78, 5) is 21.8. The number of nitrogens with one attached hydrogen (secondary N) is 1. The van der Waals surface area contributed by atoms with E-state index in [0.29, 0.717) is 12.3 Å². The maximum atomic E-state index is 11.1. The van der Waals surface area contributed by atoms with Crippen LogP contribution in [-0.2, 0) is 9.59 Å². The zero-order chi connectivity index (χ0) is 10.4. The molecule has 0 aromatic carbocycles. The standard InChI is InChI=1S/C8H17N3O2/c1-5(2)3-6(10)8(13)11-7(12)4-9/h5-6H,3-4,9-10H2,1-2H3,(H,11,12,13)/t6-/m0/s1. The highest BCUT2D eigenvalue weighted by Crippen LogP contribution is 2.02. The quantitative estimate of drug-likeness (QED) is 0.523. The Balaban J connectivity index is 3.89. The third-order valence-electron chi connectivity index (χ3n) is 1.51. The number of hydrogen-bond donors (Lipinski definition) is 3. The lowest BCUT2D eigenvalue weighted by Crippen LogP contribution is -2.45. The molecule has 0 aromatic rings. The Hall–Kier alpha value is -0.940. The fourth-order valence-corrected chi connectivity index (χ4v) is 0.896. The third kappa shape index (κ3) is 5.32. The highest BCUT2D eigenvalue weighted by Gasteiger charge is 2.16. The van der Waals surface area contributed by atoms with Crippen LogP contribution in [0.25, 0.3) is 0 Å². The summed E-state index contributed by atoms with van der Waals surface area (Å²) in [6.07, 6.45) is 0.559. The van der Waals surface area contributed by atoms with Gasteiger partial charge < -0.3 is 11.5 Å². The van der Waals surface area contributed by atoms with Crippen LogP contribution in [0, 0.1) is 5.92 Å². The molecule has 76 valence electrons. The van der Waals surface area contributed by atoms with E-state index < -0.39 is 17.9 Å². The maximum Gasteiger partial charge on any atom is 0.243 e. The number of amides is 2. The number of rotatable bonds is 4.